The van der Waals surface area contributed by atoms with E-state index in [4.69, 9.17) is 4.74 Å². The van der Waals surface area contributed by atoms with Crippen molar-refractivity contribution in [2.24, 2.45) is 10.9 Å². The summed E-state index contributed by atoms with van der Waals surface area (Å²) >= 11 is 0. The van der Waals surface area contributed by atoms with Gasteiger partial charge in [0.15, 0.2) is 5.96 Å². The highest BCUT2D eigenvalue weighted by Gasteiger charge is 2.25. The lowest BCUT2D eigenvalue weighted by atomic mass is 9.78. The van der Waals surface area contributed by atoms with Gasteiger partial charge in [-0.3, -0.25) is 4.99 Å². The molecule has 2 aliphatic rings. The van der Waals surface area contributed by atoms with Crippen molar-refractivity contribution in [3.8, 4) is 0 Å². The van der Waals surface area contributed by atoms with Crippen LogP contribution in [0.3, 0.4) is 0 Å². The number of nitrogens with zero attached hydrogens (tertiary/aromatic N) is 1. The Kier molecular flexibility index (Phi) is 5.33. The Morgan fingerprint density at radius 2 is 2.14 bits per heavy atom. The number of hydrogen-bond donors (Lipinski definition) is 2. The molecule has 1 unspecified atom stereocenters. The van der Waals surface area contributed by atoms with E-state index in [9.17, 15) is 0 Å². The summed E-state index contributed by atoms with van der Waals surface area (Å²) in [4.78, 5) is 4.28. The Morgan fingerprint density at radius 3 is 2.91 bits per heavy atom. The highest BCUT2D eigenvalue weighted by Crippen LogP contribution is 2.33. The molecule has 0 saturated heterocycles. The largest absolute Gasteiger partial charge is 0.381 e. The van der Waals surface area contributed by atoms with Crippen LogP contribution >= 0.6 is 0 Å². The van der Waals surface area contributed by atoms with Crippen molar-refractivity contribution in [3.05, 3.63) is 35.4 Å². The molecule has 3 rings (SSSR count). The van der Waals surface area contributed by atoms with E-state index in [0.29, 0.717) is 5.92 Å². The first-order chi connectivity index (χ1) is 10.9. The quantitative estimate of drug-likeness (QED) is 0.440. The highest BCUT2D eigenvalue weighted by atomic mass is 16.5. The molecular formula is C18H27N3O. The molecule has 0 aromatic heterocycles. The molecule has 0 aliphatic heterocycles. The minimum atomic E-state index is 0.622. The van der Waals surface area contributed by atoms with Gasteiger partial charge in [0, 0.05) is 39.3 Å². The molecule has 0 bridgehead atoms. The van der Waals surface area contributed by atoms with Crippen LogP contribution in [0.5, 0.6) is 0 Å². The van der Waals surface area contributed by atoms with Crippen LogP contribution < -0.4 is 10.6 Å². The topological polar surface area (TPSA) is 45.7 Å². The first-order valence-corrected chi connectivity index (χ1v) is 8.47. The van der Waals surface area contributed by atoms with E-state index in [0.717, 1.165) is 44.6 Å². The van der Waals surface area contributed by atoms with E-state index in [1.54, 1.807) is 0 Å². The number of nitrogens with one attached hydrogen (secondary N) is 2. The smallest absolute Gasteiger partial charge is 0.190 e. The molecule has 1 atom stereocenters. The van der Waals surface area contributed by atoms with Gasteiger partial charge >= 0.3 is 0 Å². The van der Waals surface area contributed by atoms with Crippen LogP contribution in [0.25, 0.3) is 0 Å². The third-order valence-electron chi connectivity index (χ3n) is 4.51. The minimum absolute atomic E-state index is 0.622. The molecule has 1 aromatic rings. The van der Waals surface area contributed by atoms with E-state index >= 15 is 0 Å². The zero-order chi connectivity index (χ0) is 15.2. The van der Waals surface area contributed by atoms with Gasteiger partial charge in [0.1, 0.15) is 0 Å². The minimum Gasteiger partial charge on any atom is -0.381 e. The second kappa shape index (κ2) is 7.63. The van der Waals surface area contributed by atoms with Gasteiger partial charge in [-0.1, -0.05) is 24.3 Å². The third-order valence-corrected chi connectivity index (χ3v) is 4.51. The molecule has 4 nitrogen and oxygen atoms in total. The van der Waals surface area contributed by atoms with E-state index in [2.05, 4.69) is 39.9 Å². The van der Waals surface area contributed by atoms with Crippen LogP contribution in [0.15, 0.2) is 29.3 Å². The summed E-state index contributed by atoms with van der Waals surface area (Å²) in [7, 11) is 1.83. The van der Waals surface area contributed by atoms with Crippen LogP contribution in [0.2, 0.25) is 0 Å². The Bertz CT molecular complexity index is 511. The standard InChI is InChI=1S/C18H27N3O/c1-19-18(20-9-4-10-22-13-14-7-8-14)21-12-16-11-15-5-2-3-6-17(15)16/h2-3,5-6,14,16H,4,7-13H2,1H3,(H2,19,20,21). The summed E-state index contributed by atoms with van der Waals surface area (Å²) in [6.07, 6.45) is 4.92. The predicted octanol–water partition coefficient (Wildman–Crippen LogP) is 2.31. The van der Waals surface area contributed by atoms with Crippen molar-refractivity contribution >= 4 is 5.96 Å². The monoisotopic (exact) mass is 301 g/mol. The zero-order valence-corrected chi connectivity index (χ0v) is 13.5. The molecule has 22 heavy (non-hydrogen) atoms. The molecule has 4 heteroatoms. The van der Waals surface area contributed by atoms with Crippen LogP contribution in [0.4, 0.5) is 0 Å². The lowest BCUT2D eigenvalue weighted by Gasteiger charge is -2.30. The van der Waals surface area contributed by atoms with Gasteiger partial charge in [-0.2, -0.15) is 0 Å². The average molecular weight is 301 g/mol. The van der Waals surface area contributed by atoms with Gasteiger partial charge in [0.05, 0.1) is 0 Å². The number of hydrogen-bond acceptors (Lipinski definition) is 2. The predicted molar refractivity (Wildman–Crippen MR) is 90.4 cm³/mol. The summed E-state index contributed by atoms with van der Waals surface area (Å²) in [6.45, 7) is 3.66. The molecule has 0 heterocycles. The number of rotatable bonds is 8. The summed E-state index contributed by atoms with van der Waals surface area (Å²) in [5, 5.41) is 6.79. The fourth-order valence-electron chi connectivity index (χ4n) is 2.90. The first kappa shape index (κ1) is 15.3. The van der Waals surface area contributed by atoms with E-state index in [1.165, 1.54) is 30.4 Å². The van der Waals surface area contributed by atoms with Crippen molar-refractivity contribution in [2.45, 2.75) is 31.6 Å². The van der Waals surface area contributed by atoms with Gasteiger partial charge in [0.2, 0.25) is 0 Å². The summed E-state index contributed by atoms with van der Waals surface area (Å²) in [6, 6.07) is 8.70. The van der Waals surface area contributed by atoms with Crippen LogP contribution in [-0.4, -0.2) is 39.3 Å². The number of ether oxygens (including phenoxy) is 1. The van der Waals surface area contributed by atoms with Crippen LogP contribution in [0, 0.1) is 5.92 Å². The molecule has 1 saturated carbocycles. The van der Waals surface area contributed by atoms with E-state index < -0.39 is 0 Å². The van der Waals surface area contributed by atoms with Gasteiger partial charge < -0.3 is 15.4 Å². The van der Waals surface area contributed by atoms with Crippen LogP contribution in [-0.2, 0) is 11.2 Å². The molecule has 2 aliphatic carbocycles. The molecule has 0 spiro atoms. The van der Waals surface area contributed by atoms with Gasteiger partial charge in [0.25, 0.3) is 0 Å². The second-order valence-electron chi connectivity index (χ2n) is 6.35. The Morgan fingerprint density at radius 1 is 1.27 bits per heavy atom. The SMILES string of the molecule is CN=C(NCCCOCC1CC1)NCC1Cc2ccccc21. The number of guanidine groups is 1. The highest BCUT2D eigenvalue weighted by molar-refractivity contribution is 5.79. The number of fused-ring (bicyclic) bond motifs is 1. The van der Waals surface area contributed by atoms with Gasteiger partial charge in [-0.05, 0) is 42.7 Å². The third kappa shape index (κ3) is 4.23. The molecule has 120 valence electrons. The molecule has 1 aromatic carbocycles. The molecular weight excluding hydrogens is 274 g/mol. The molecule has 0 radical (unpaired) electrons. The maximum Gasteiger partial charge on any atom is 0.190 e. The average Bonchev–Trinajstić information content (AvgIpc) is 3.33. The number of benzene rings is 1. The van der Waals surface area contributed by atoms with Crippen molar-refractivity contribution in [2.75, 3.05) is 33.4 Å². The van der Waals surface area contributed by atoms with Crippen molar-refractivity contribution in [1.29, 1.82) is 0 Å². The maximum atomic E-state index is 5.64. The molecule has 1 fully saturated rings. The molecule has 2 N–H and O–H groups in total. The summed E-state index contributed by atoms with van der Waals surface area (Å²) in [5.74, 6) is 2.37. The number of aliphatic imine (C=N–C) groups is 1. The van der Waals surface area contributed by atoms with Gasteiger partial charge in [-0.25, -0.2) is 0 Å². The normalized spacial score (nSPS) is 20.2. The van der Waals surface area contributed by atoms with E-state index in [-0.39, 0.29) is 0 Å². The Balaban J connectivity index is 1.28. The second-order valence-corrected chi connectivity index (χ2v) is 6.35. The van der Waals surface area contributed by atoms with Crippen LogP contribution in [0.1, 0.15) is 36.3 Å². The first-order valence-electron chi connectivity index (χ1n) is 8.47. The van der Waals surface area contributed by atoms with E-state index in [1.807, 2.05) is 7.05 Å². The maximum absolute atomic E-state index is 5.64. The lowest BCUT2D eigenvalue weighted by Crippen LogP contribution is -2.41. The Labute approximate surface area is 133 Å². The van der Waals surface area contributed by atoms with Crippen molar-refractivity contribution in [1.82, 2.24) is 10.6 Å². The fraction of sp³-hybridized carbons (Fsp3) is 0.611. The van der Waals surface area contributed by atoms with Crippen molar-refractivity contribution in [3.63, 3.8) is 0 Å². The lowest BCUT2D eigenvalue weighted by molar-refractivity contribution is 0.123. The Hall–Kier alpha value is -1.55. The molecule has 0 amide bonds. The van der Waals surface area contributed by atoms with Gasteiger partial charge in [-0.15, -0.1) is 0 Å². The summed E-state index contributed by atoms with van der Waals surface area (Å²) in [5.41, 5.74) is 2.98. The zero-order valence-electron chi connectivity index (χ0n) is 13.5. The van der Waals surface area contributed by atoms with Crippen molar-refractivity contribution < 1.29 is 4.74 Å². The fourth-order valence-corrected chi connectivity index (χ4v) is 2.90. The summed E-state index contributed by atoms with van der Waals surface area (Å²) < 4.78 is 5.64.